The quantitative estimate of drug-likeness (QED) is 0.304. The summed E-state index contributed by atoms with van der Waals surface area (Å²) in [6, 6.07) is 11.3. The van der Waals surface area contributed by atoms with E-state index in [9.17, 15) is 29.6 Å². The minimum Gasteiger partial charge on any atom is -0.502 e. The van der Waals surface area contributed by atoms with E-state index >= 15 is 0 Å². The summed E-state index contributed by atoms with van der Waals surface area (Å²) in [5, 5.41) is 22.2. The van der Waals surface area contributed by atoms with Gasteiger partial charge in [0.1, 0.15) is 0 Å². The number of phenolic OH excluding ortho intramolecular Hbond substituents is 1. The Hall–Kier alpha value is -4.27. The van der Waals surface area contributed by atoms with Crippen LogP contribution < -0.4 is 4.90 Å². The molecule has 9 nitrogen and oxygen atoms in total. The Kier molecular flexibility index (Phi) is 4.42. The van der Waals surface area contributed by atoms with Gasteiger partial charge in [0.05, 0.1) is 28.3 Å². The van der Waals surface area contributed by atoms with Gasteiger partial charge in [-0.1, -0.05) is 12.1 Å². The number of carbonyl (C=O) groups excluding carboxylic acids is 3. The topological polar surface area (TPSA) is 127 Å². The van der Waals surface area contributed by atoms with Gasteiger partial charge in [0, 0.05) is 17.0 Å². The molecule has 1 N–H and O–H groups in total. The van der Waals surface area contributed by atoms with Crippen LogP contribution >= 0.6 is 0 Å². The zero-order valence-corrected chi connectivity index (χ0v) is 15.6. The third-order valence-electron chi connectivity index (χ3n) is 4.80. The molecule has 0 saturated heterocycles. The highest BCUT2D eigenvalue weighted by atomic mass is 16.6. The molecule has 2 amide bonds. The third kappa shape index (κ3) is 2.75. The van der Waals surface area contributed by atoms with Crippen molar-refractivity contribution in [2.45, 2.75) is 6.92 Å². The molecular formula is C21H14N2O7. The van der Waals surface area contributed by atoms with Crippen molar-refractivity contribution in [2.75, 3.05) is 11.5 Å². The third-order valence-corrected chi connectivity index (χ3v) is 4.80. The van der Waals surface area contributed by atoms with Crippen LogP contribution in [0.4, 0.5) is 11.4 Å². The second-order valence-electron chi connectivity index (χ2n) is 6.49. The Labute approximate surface area is 169 Å². The van der Waals surface area contributed by atoms with Crippen LogP contribution in [0.15, 0.2) is 48.5 Å². The SMILES string of the molecule is CCOC(=O)c1ccc(N2C(=O)c3cccc4cc([N+](=O)[O-])c(O)c(c34)C2=O)cc1. The summed E-state index contributed by atoms with van der Waals surface area (Å²) in [6.07, 6.45) is 0. The van der Waals surface area contributed by atoms with Crippen molar-refractivity contribution in [1.82, 2.24) is 0 Å². The first kappa shape index (κ1) is 19.1. The molecule has 3 aromatic carbocycles. The highest BCUT2D eigenvalue weighted by Crippen LogP contribution is 2.42. The van der Waals surface area contributed by atoms with Gasteiger partial charge in [-0.25, -0.2) is 9.69 Å². The van der Waals surface area contributed by atoms with Crippen molar-refractivity contribution in [1.29, 1.82) is 0 Å². The first-order chi connectivity index (χ1) is 14.3. The predicted octanol–water partition coefficient (Wildman–Crippen LogP) is 3.43. The Morgan fingerprint density at radius 3 is 2.47 bits per heavy atom. The maximum absolute atomic E-state index is 13.2. The summed E-state index contributed by atoms with van der Waals surface area (Å²) in [4.78, 5) is 49.4. The minimum atomic E-state index is -0.895. The van der Waals surface area contributed by atoms with Gasteiger partial charge in [-0.05, 0) is 42.6 Å². The zero-order chi connectivity index (χ0) is 21.6. The number of nitro benzene ring substituents is 1. The smallest absolute Gasteiger partial charge is 0.338 e. The number of nitro groups is 1. The molecule has 0 aliphatic carbocycles. The molecule has 4 rings (SSSR count). The molecule has 0 saturated carbocycles. The lowest BCUT2D eigenvalue weighted by Crippen LogP contribution is -2.40. The fourth-order valence-corrected chi connectivity index (χ4v) is 3.48. The monoisotopic (exact) mass is 406 g/mol. The molecule has 1 aliphatic heterocycles. The highest BCUT2D eigenvalue weighted by molar-refractivity contribution is 6.37. The minimum absolute atomic E-state index is 0.127. The molecule has 0 spiro atoms. The van der Waals surface area contributed by atoms with Crippen LogP contribution in [-0.4, -0.2) is 34.4 Å². The molecule has 1 heterocycles. The van der Waals surface area contributed by atoms with E-state index in [1.54, 1.807) is 6.92 Å². The van der Waals surface area contributed by atoms with E-state index in [0.717, 1.165) is 11.0 Å². The van der Waals surface area contributed by atoms with Crippen LogP contribution in [0.2, 0.25) is 0 Å². The van der Waals surface area contributed by atoms with E-state index in [0.29, 0.717) is 5.39 Å². The van der Waals surface area contributed by atoms with Gasteiger partial charge in [0.15, 0.2) is 0 Å². The number of carbonyl (C=O) groups is 3. The number of esters is 1. The molecule has 0 aromatic heterocycles. The molecule has 9 heteroatoms. The van der Waals surface area contributed by atoms with E-state index in [-0.39, 0.29) is 34.4 Å². The number of amides is 2. The number of aromatic hydroxyl groups is 1. The average Bonchev–Trinajstić information content (AvgIpc) is 2.72. The number of rotatable bonds is 4. The van der Waals surface area contributed by atoms with Crippen LogP contribution in [0, 0.1) is 10.1 Å². The van der Waals surface area contributed by atoms with E-state index in [2.05, 4.69) is 0 Å². The van der Waals surface area contributed by atoms with Crippen LogP contribution in [0.1, 0.15) is 38.0 Å². The lowest BCUT2D eigenvalue weighted by molar-refractivity contribution is -0.385. The number of hydrogen-bond acceptors (Lipinski definition) is 7. The summed E-state index contributed by atoms with van der Waals surface area (Å²) in [5.41, 5.74) is -0.439. The molecule has 3 aromatic rings. The Bertz CT molecular complexity index is 1250. The summed E-state index contributed by atoms with van der Waals surface area (Å²) in [6.45, 7) is 1.86. The average molecular weight is 406 g/mol. The molecule has 150 valence electrons. The summed E-state index contributed by atoms with van der Waals surface area (Å²) < 4.78 is 4.91. The molecule has 0 bridgehead atoms. The number of nitrogens with zero attached hydrogens (tertiary/aromatic N) is 2. The molecular weight excluding hydrogens is 392 g/mol. The van der Waals surface area contributed by atoms with Gasteiger partial charge in [0.25, 0.3) is 11.8 Å². The fourth-order valence-electron chi connectivity index (χ4n) is 3.48. The molecule has 1 aliphatic rings. The van der Waals surface area contributed by atoms with Gasteiger partial charge >= 0.3 is 11.7 Å². The van der Waals surface area contributed by atoms with Crippen molar-refractivity contribution >= 4 is 39.9 Å². The maximum atomic E-state index is 13.2. The van der Waals surface area contributed by atoms with Gasteiger partial charge < -0.3 is 9.84 Å². The van der Waals surface area contributed by atoms with Crippen LogP contribution in [0.25, 0.3) is 10.8 Å². The Morgan fingerprint density at radius 2 is 1.83 bits per heavy atom. The molecule has 0 atom stereocenters. The van der Waals surface area contributed by atoms with Crippen molar-refractivity contribution < 1.29 is 29.2 Å². The standard InChI is InChI=1S/C21H14N2O7/c1-2-30-21(27)11-6-8-13(9-7-11)22-19(25)14-5-3-4-12-10-15(23(28)29)18(24)17(16(12)14)20(22)26/h3-10,24H,2H2,1H3. The van der Waals surface area contributed by atoms with Crippen molar-refractivity contribution in [3.05, 3.63) is 75.3 Å². The zero-order valence-electron chi connectivity index (χ0n) is 15.6. The number of imide groups is 1. The number of phenols is 1. The van der Waals surface area contributed by atoms with E-state index in [4.69, 9.17) is 4.74 Å². The number of hydrogen-bond donors (Lipinski definition) is 1. The van der Waals surface area contributed by atoms with Crippen molar-refractivity contribution in [3.63, 3.8) is 0 Å². The van der Waals surface area contributed by atoms with Crippen molar-refractivity contribution in [3.8, 4) is 5.75 Å². The van der Waals surface area contributed by atoms with Gasteiger partial charge in [-0.2, -0.15) is 0 Å². The van der Waals surface area contributed by atoms with E-state index in [1.165, 1.54) is 42.5 Å². The molecule has 30 heavy (non-hydrogen) atoms. The second kappa shape index (κ2) is 6.96. The lowest BCUT2D eigenvalue weighted by Gasteiger charge is -2.27. The van der Waals surface area contributed by atoms with Crippen LogP contribution in [0.5, 0.6) is 5.75 Å². The first-order valence-electron chi connectivity index (χ1n) is 8.94. The maximum Gasteiger partial charge on any atom is 0.338 e. The van der Waals surface area contributed by atoms with E-state index < -0.39 is 34.1 Å². The summed E-state index contributed by atoms with van der Waals surface area (Å²) in [5.74, 6) is -2.89. The molecule has 0 unspecified atom stereocenters. The van der Waals surface area contributed by atoms with Crippen LogP contribution in [-0.2, 0) is 4.74 Å². The molecule has 0 fully saturated rings. The van der Waals surface area contributed by atoms with Crippen LogP contribution in [0.3, 0.4) is 0 Å². The van der Waals surface area contributed by atoms with E-state index in [1.807, 2.05) is 0 Å². The van der Waals surface area contributed by atoms with Gasteiger partial charge in [-0.3, -0.25) is 19.7 Å². The Morgan fingerprint density at radius 1 is 1.13 bits per heavy atom. The lowest BCUT2D eigenvalue weighted by atomic mass is 9.92. The largest absolute Gasteiger partial charge is 0.502 e. The van der Waals surface area contributed by atoms with Gasteiger partial charge in [-0.15, -0.1) is 0 Å². The highest BCUT2D eigenvalue weighted by Gasteiger charge is 2.38. The first-order valence-corrected chi connectivity index (χ1v) is 8.94. The molecule has 0 radical (unpaired) electrons. The predicted molar refractivity (Wildman–Crippen MR) is 106 cm³/mol. The number of anilines is 1. The Balaban J connectivity index is 1.88. The summed E-state index contributed by atoms with van der Waals surface area (Å²) >= 11 is 0. The fraction of sp³-hybridized carbons (Fsp3) is 0.0952. The van der Waals surface area contributed by atoms with Gasteiger partial charge in [0.2, 0.25) is 5.75 Å². The summed E-state index contributed by atoms with van der Waals surface area (Å²) in [7, 11) is 0. The number of benzene rings is 3. The van der Waals surface area contributed by atoms with Crippen molar-refractivity contribution in [2.24, 2.45) is 0 Å². The number of ether oxygens (including phenoxy) is 1. The second-order valence-corrected chi connectivity index (χ2v) is 6.49. The normalized spacial score (nSPS) is 12.9.